The van der Waals surface area contributed by atoms with Gasteiger partial charge in [0.2, 0.25) is 0 Å². The number of ketones is 1. The molecule has 0 amide bonds. The molecule has 0 spiro atoms. The largest absolute Gasteiger partial charge is 0.371 e. The Balaban J connectivity index is 2.12. The van der Waals surface area contributed by atoms with Gasteiger partial charge >= 0.3 is 0 Å². The number of aryl methyl sites for hydroxylation is 1. The van der Waals surface area contributed by atoms with E-state index in [4.69, 9.17) is 4.74 Å². The fourth-order valence-electron chi connectivity index (χ4n) is 1.38. The molecular weight excluding hydrogens is 170 g/mol. The SMILES string of the molecule is Cn1ncc(C2CC(=O)CCO2)n1. The number of Topliss-reactive ketones (excluding diaryl/α,β-unsaturated/α-hetero) is 1. The van der Waals surface area contributed by atoms with Crippen LogP contribution in [0.3, 0.4) is 0 Å². The number of aromatic nitrogens is 3. The van der Waals surface area contributed by atoms with E-state index in [-0.39, 0.29) is 11.9 Å². The van der Waals surface area contributed by atoms with Crippen LogP contribution in [-0.2, 0) is 16.6 Å². The molecule has 13 heavy (non-hydrogen) atoms. The van der Waals surface area contributed by atoms with Crippen molar-refractivity contribution < 1.29 is 9.53 Å². The molecule has 1 unspecified atom stereocenters. The molecule has 0 aromatic carbocycles. The molecule has 1 aliphatic heterocycles. The molecule has 2 rings (SSSR count). The molecule has 0 N–H and O–H groups in total. The van der Waals surface area contributed by atoms with Crippen LogP contribution < -0.4 is 0 Å². The van der Waals surface area contributed by atoms with Gasteiger partial charge in [0.05, 0.1) is 12.8 Å². The van der Waals surface area contributed by atoms with Gasteiger partial charge in [-0.2, -0.15) is 15.0 Å². The minimum atomic E-state index is -0.185. The van der Waals surface area contributed by atoms with Gasteiger partial charge in [-0.3, -0.25) is 4.79 Å². The van der Waals surface area contributed by atoms with Gasteiger partial charge in [0.25, 0.3) is 0 Å². The third-order valence-electron chi connectivity index (χ3n) is 2.06. The van der Waals surface area contributed by atoms with E-state index >= 15 is 0 Å². The van der Waals surface area contributed by atoms with Gasteiger partial charge < -0.3 is 4.74 Å². The second-order valence-corrected chi connectivity index (χ2v) is 3.11. The van der Waals surface area contributed by atoms with Crippen molar-refractivity contribution >= 4 is 5.78 Å². The zero-order valence-electron chi connectivity index (χ0n) is 7.43. The molecule has 5 nitrogen and oxygen atoms in total. The zero-order valence-corrected chi connectivity index (χ0v) is 7.43. The highest BCUT2D eigenvalue weighted by Crippen LogP contribution is 2.23. The standard InChI is InChI=1S/C8H11N3O2/c1-11-9-5-7(10-11)8-4-6(12)2-3-13-8/h5,8H,2-4H2,1H3. The summed E-state index contributed by atoms with van der Waals surface area (Å²) in [6.45, 7) is 0.500. The van der Waals surface area contributed by atoms with E-state index in [0.717, 1.165) is 5.69 Å². The maximum absolute atomic E-state index is 11.1. The van der Waals surface area contributed by atoms with Crippen molar-refractivity contribution in [2.45, 2.75) is 18.9 Å². The number of ether oxygens (including phenoxy) is 1. The van der Waals surface area contributed by atoms with Crippen LogP contribution in [0.15, 0.2) is 6.20 Å². The number of hydrogen-bond donors (Lipinski definition) is 0. The average molecular weight is 181 g/mol. The molecule has 0 saturated carbocycles. The molecule has 0 radical (unpaired) electrons. The Bertz CT molecular complexity index is 321. The van der Waals surface area contributed by atoms with Gasteiger partial charge in [-0.05, 0) is 0 Å². The maximum Gasteiger partial charge on any atom is 0.138 e. The lowest BCUT2D eigenvalue weighted by Crippen LogP contribution is -2.19. The monoisotopic (exact) mass is 181 g/mol. The van der Waals surface area contributed by atoms with E-state index in [1.165, 1.54) is 4.80 Å². The molecule has 1 aliphatic rings. The highest BCUT2D eigenvalue weighted by Gasteiger charge is 2.23. The molecule has 70 valence electrons. The van der Waals surface area contributed by atoms with E-state index in [0.29, 0.717) is 19.4 Å². The van der Waals surface area contributed by atoms with E-state index in [1.807, 2.05) is 0 Å². The molecule has 1 aromatic rings. The molecule has 1 fully saturated rings. The van der Waals surface area contributed by atoms with Crippen LogP contribution in [0.5, 0.6) is 0 Å². The normalized spacial score (nSPS) is 23.5. The predicted molar refractivity (Wildman–Crippen MR) is 43.9 cm³/mol. The smallest absolute Gasteiger partial charge is 0.138 e. The molecule has 1 saturated heterocycles. The fourth-order valence-corrected chi connectivity index (χ4v) is 1.38. The molecule has 0 bridgehead atoms. The predicted octanol–water partition coefficient (Wildman–Crippen LogP) is 0.236. The number of hydrogen-bond acceptors (Lipinski definition) is 4. The lowest BCUT2D eigenvalue weighted by atomic mass is 10.1. The summed E-state index contributed by atoms with van der Waals surface area (Å²) in [5.74, 6) is 0.238. The van der Waals surface area contributed by atoms with E-state index in [1.54, 1.807) is 13.2 Å². The highest BCUT2D eigenvalue weighted by atomic mass is 16.5. The summed E-state index contributed by atoms with van der Waals surface area (Å²) < 4.78 is 5.41. The van der Waals surface area contributed by atoms with E-state index < -0.39 is 0 Å². The van der Waals surface area contributed by atoms with Crippen molar-refractivity contribution in [1.29, 1.82) is 0 Å². The Hall–Kier alpha value is -1.23. The highest BCUT2D eigenvalue weighted by molar-refractivity contribution is 5.79. The first-order valence-corrected chi connectivity index (χ1v) is 4.25. The molecule has 1 aromatic heterocycles. The summed E-state index contributed by atoms with van der Waals surface area (Å²) >= 11 is 0. The minimum absolute atomic E-state index is 0.185. The van der Waals surface area contributed by atoms with Crippen molar-refractivity contribution in [2.75, 3.05) is 6.61 Å². The topological polar surface area (TPSA) is 57.0 Å². The van der Waals surface area contributed by atoms with Gasteiger partial charge in [0.1, 0.15) is 17.6 Å². The maximum atomic E-state index is 11.1. The van der Waals surface area contributed by atoms with Crippen molar-refractivity contribution in [3.05, 3.63) is 11.9 Å². The van der Waals surface area contributed by atoms with Gasteiger partial charge in [-0.25, -0.2) is 0 Å². The number of rotatable bonds is 1. The van der Waals surface area contributed by atoms with Gasteiger partial charge in [0, 0.05) is 19.9 Å². The summed E-state index contributed by atoms with van der Waals surface area (Å²) in [5, 5.41) is 8.03. The lowest BCUT2D eigenvalue weighted by molar-refractivity contribution is -0.128. The summed E-state index contributed by atoms with van der Waals surface area (Å²) in [6.07, 6.45) is 2.41. The lowest BCUT2D eigenvalue weighted by Gasteiger charge is -2.19. The molecule has 1 atom stereocenters. The molecule has 2 heterocycles. The van der Waals surface area contributed by atoms with Crippen LogP contribution in [0.4, 0.5) is 0 Å². The molecule has 5 heteroatoms. The van der Waals surface area contributed by atoms with Crippen molar-refractivity contribution in [1.82, 2.24) is 15.0 Å². The quantitative estimate of drug-likeness (QED) is 0.622. The van der Waals surface area contributed by atoms with Crippen LogP contribution in [0.1, 0.15) is 24.6 Å². The average Bonchev–Trinajstić information content (AvgIpc) is 2.52. The minimum Gasteiger partial charge on any atom is -0.371 e. The third-order valence-corrected chi connectivity index (χ3v) is 2.06. The summed E-state index contributed by atoms with van der Waals surface area (Å²) in [7, 11) is 1.74. The summed E-state index contributed by atoms with van der Waals surface area (Å²) in [6, 6.07) is 0. The summed E-state index contributed by atoms with van der Waals surface area (Å²) in [5.41, 5.74) is 0.746. The Morgan fingerprint density at radius 3 is 3.15 bits per heavy atom. The van der Waals surface area contributed by atoms with Crippen LogP contribution >= 0.6 is 0 Å². The van der Waals surface area contributed by atoms with Gasteiger partial charge in [-0.1, -0.05) is 0 Å². The van der Waals surface area contributed by atoms with Crippen LogP contribution in [0.2, 0.25) is 0 Å². The zero-order chi connectivity index (χ0) is 9.26. The first kappa shape index (κ1) is 8.37. The Morgan fingerprint density at radius 1 is 1.69 bits per heavy atom. The summed E-state index contributed by atoms with van der Waals surface area (Å²) in [4.78, 5) is 12.6. The number of carbonyl (C=O) groups is 1. The van der Waals surface area contributed by atoms with E-state index in [2.05, 4.69) is 10.2 Å². The van der Waals surface area contributed by atoms with Crippen LogP contribution in [0.25, 0.3) is 0 Å². The van der Waals surface area contributed by atoms with E-state index in [9.17, 15) is 4.79 Å². The van der Waals surface area contributed by atoms with Crippen LogP contribution in [-0.4, -0.2) is 27.4 Å². The van der Waals surface area contributed by atoms with Gasteiger partial charge in [0.15, 0.2) is 0 Å². The molecular formula is C8H11N3O2. The number of carbonyl (C=O) groups excluding carboxylic acids is 1. The first-order chi connectivity index (χ1) is 6.25. The van der Waals surface area contributed by atoms with Gasteiger partial charge in [-0.15, -0.1) is 0 Å². The first-order valence-electron chi connectivity index (χ1n) is 4.25. The van der Waals surface area contributed by atoms with Crippen molar-refractivity contribution in [2.24, 2.45) is 7.05 Å². The second kappa shape index (κ2) is 3.26. The Labute approximate surface area is 75.7 Å². The van der Waals surface area contributed by atoms with Crippen LogP contribution in [0, 0.1) is 0 Å². The Morgan fingerprint density at radius 2 is 2.54 bits per heavy atom. The Kier molecular flexibility index (Phi) is 2.10. The third kappa shape index (κ3) is 1.75. The van der Waals surface area contributed by atoms with Crippen molar-refractivity contribution in [3.63, 3.8) is 0 Å². The number of nitrogens with zero attached hydrogens (tertiary/aromatic N) is 3. The molecule has 0 aliphatic carbocycles. The van der Waals surface area contributed by atoms with Crippen molar-refractivity contribution in [3.8, 4) is 0 Å². The fraction of sp³-hybridized carbons (Fsp3) is 0.625. The second-order valence-electron chi connectivity index (χ2n) is 3.11.